The Labute approximate surface area is 127 Å². The normalized spacial score (nSPS) is 16.1. The largest absolute Gasteiger partial charge is 0.481 e. The number of aromatic nitrogens is 4. The summed E-state index contributed by atoms with van der Waals surface area (Å²) in [5.41, 5.74) is 0.0351. The van der Waals surface area contributed by atoms with Gasteiger partial charge in [-0.2, -0.15) is 0 Å². The van der Waals surface area contributed by atoms with Crippen LogP contribution in [0.2, 0.25) is 5.02 Å². The van der Waals surface area contributed by atoms with E-state index in [1.807, 2.05) is 6.07 Å². The third-order valence-corrected chi connectivity index (χ3v) is 4.70. The van der Waals surface area contributed by atoms with Crippen LogP contribution in [0.3, 0.4) is 0 Å². The molecule has 0 bridgehead atoms. The summed E-state index contributed by atoms with van der Waals surface area (Å²) >= 11 is 9.38. The van der Waals surface area contributed by atoms with Crippen LogP contribution in [-0.4, -0.2) is 31.3 Å². The van der Waals surface area contributed by atoms with Gasteiger partial charge in [-0.1, -0.05) is 11.6 Å². The molecule has 0 radical (unpaired) electrons. The molecule has 0 spiro atoms. The van der Waals surface area contributed by atoms with E-state index < -0.39 is 11.4 Å². The van der Waals surface area contributed by atoms with Crippen molar-refractivity contribution in [2.24, 2.45) is 5.41 Å². The Bertz CT molecular complexity index is 684. The van der Waals surface area contributed by atoms with E-state index >= 15 is 0 Å². The summed E-state index contributed by atoms with van der Waals surface area (Å²) in [7, 11) is 0. The van der Waals surface area contributed by atoms with Crippen molar-refractivity contribution in [1.29, 1.82) is 0 Å². The van der Waals surface area contributed by atoms with Gasteiger partial charge in [-0.05, 0) is 57.4 Å². The Morgan fingerprint density at radius 3 is 2.85 bits per heavy atom. The van der Waals surface area contributed by atoms with E-state index in [1.165, 1.54) is 4.68 Å². The topological polar surface area (TPSA) is 80.9 Å². The summed E-state index contributed by atoms with van der Waals surface area (Å²) in [6.07, 6.45) is 1.31. The molecule has 1 heterocycles. The molecule has 0 aliphatic heterocycles. The van der Waals surface area contributed by atoms with Gasteiger partial charge in [0, 0.05) is 10.0 Å². The zero-order valence-electron chi connectivity index (χ0n) is 10.3. The van der Waals surface area contributed by atoms with E-state index in [9.17, 15) is 9.90 Å². The standard InChI is InChI=1S/C12H10BrClN4O2/c13-8-2-1-7(5-9(8)14)10-15-16-17-18(10)6-12(3-4-12)11(19)20/h1-2,5H,3-4,6H2,(H,19,20). The maximum atomic E-state index is 11.2. The fraction of sp³-hybridized carbons (Fsp3) is 0.333. The molecular weight excluding hydrogens is 348 g/mol. The molecule has 1 N–H and O–H groups in total. The van der Waals surface area contributed by atoms with E-state index in [0.29, 0.717) is 23.7 Å². The quantitative estimate of drug-likeness (QED) is 0.909. The van der Waals surface area contributed by atoms with Gasteiger partial charge >= 0.3 is 5.97 Å². The average Bonchev–Trinajstić information content (AvgIpc) is 3.05. The fourth-order valence-corrected chi connectivity index (χ4v) is 2.46. The monoisotopic (exact) mass is 356 g/mol. The number of tetrazole rings is 1. The molecule has 0 atom stereocenters. The molecule has 1 aromatic carbocycles. The second-order valence-corrected chi connectivity index (χ2v) is 6.14. The van der Waals surface area contributed by atoms with Crippen LogP contribution in [0.1, 0.15) is 12.8 Å². The van der Waals surface area contributed by atoms with Crippen LogP contribution < -0.4 is 0 Å². The molecule has 1 aliphatic rings. The molecule has 1 fully saturated rings. The molecule has 6 nitrogen and oxygen atoms in total. The molecule has 0 unspecified atom stereocenters. The van der Waals surface area contributed by atoms with Gasteiger partial charge in [0.05, 0.1) is 17.0 Å². The Morgan fingerprint density at radius 2 is 2.25 bits per heavy atom. The number of carbonyl (C=O) groups is 1. The first-order valence-corrected chi connectivity index (χ1v) is 7.14. The predicted octanol–water partition coefficient (Wildman–Crippen LogP) is 2.62. The SMILES string of the molecule is O=C(O)C1(Cn2nnnc2-c2ccc(Br)c(Cl)c2)CC1. The summed E-state index contributed by atoms with van der Waals surface area (Å²) < 4.78 is 2.31. The Kier molecular flexibility index (Phi) is 3.25. The van der Waals surface area contributed by atoms with Crippen molar-refractivity contribution in [1.82, 2.24) is 20.2 Å². The maximum Gasteiger partial charge on any atom is 0.311 e. The van der Waals surface area contributed by atoms with Crippen LogP contribution in [0.5, 0.6) is 0 Å². The van der Waals surface area contributed by atoms with Crippen LogP contribution in [0, 0.1) is 5.41 Å². The number of hydrogen-bond donors (Lipinski definition) is 1. The first-order chi connectivity index (χ1) is 9.52. The van der Waals surface area contributed by atoms with Crippen molar-refractivity contribution < 1.29 is 9.90 Å². The average molecular weight is 358 g/mol. The van der Waals surface area contributed by atoms with E-state index in [4.69, 9.17) is 11.6 Å². The highest BCUT2D eigenvalue weighted by atomic mass is 79.9. The number of carboxylic acids is 1. The minimum atomic E-state index is -0.798. The lowest BCUT2D eigenvalue weighted by Crippen LogP contribution is -2.22. The number of rotatable bonds is 4. The number of halogens is 2. The third-order valence-electron chi connectivity index (χ3n) is 3.47. The lowest BCUT2D eigenvalue weighted by molar-refractivity contribution is -0.144. The molecule has 1 aliphatic carbocycles. The van der Waals surface area contributed by atoms with Crippen molar-refractivity contribution in [3.63, 3.8) is 0 Å². The molecule has 1 aromatic heterocycles. The van der Waals surface area contributed by atoms with E-state index in [0.717, 1.165) is 10.0 Å². The fourth-order valence-electron chi connectivity index (χ4n) is 2.03. The molecule has 2 aromatic rings. The van der Waals surface area contributed by atoms with Crippen LogP contribution in [0.15, 0.2) is 22.7 Å². The number of benzene rings is 1. The number of aliphatic carboxylic acids is 1. The summed E-state index contributed by atoms with van der Waals surface area (Å²) in [5.74, 6) is -0.278. The van der Waals surface area contributed by atoms with Gasteiger partial charge in [-0.25, -0.2) is 4.68 Å². The smallest absolute Gasteiger partial charge is 0.311 e. The highest BCUT2D eigenvalue weighted by molar-refractivity contribution is 9.10. The number of nitrogens with zero attached hydrogens (tertiary/aromatic N) is 4. The van der Waals surface area contributed by atoms with Crippen molar-refractivity contribution in [3.05, 3.63) is 27.7 Å². The molecule has 0 amide bonds. The van der Waals surface area contributed by atoms with Crippen LogP contribution >= 0.6 is 27.5 Å². The Balaban J connectivity index is 1.94. The van der Waals surface area contributed by atoms with Crippen LogP contribution in [-0.2, 0) is 11.3 Å². The molecule has 8 heteroatoms. The first-order valence-electron chi connectivity index (χ1n) is 5.97. The summed E-state index contributed by atoms with van der Waals surface area (Å²) in [4.78, 5) is 11.2. The second-order valence-electron chi connectivity index (χ2n) is 4.87. The molecule has 0 saturated heterocycles. The van der Waals surface area contributed by atoms with E-state index in [1.54, 1.807) is 12.1 Å². The zero-order chi connectivity index (χ0) is 14.3. The lowest BCUT2D eigenvalue weighted by atomic mass is 10.1. The van der Waals surface area contributed by atoms with Gasteiger partial charge in [-0.15, -0.1) is 5.10 Å². The number of carboxylic acid groups (broad SMARTS) is 1. The molecular formula is C12H10BrClN4O2. The van der Waals surface area contributed by atoms with Gasteiger partial charge in [0.2, 0.25) is 0 Å². The Hall–Kier alpha value is -1.47. The van der Waals surface area contributed by atoms with Gasteiger partial charge in [0.1, 0.15) is 0 Å². The minimum Gasteiger partial charge on any atom is -0.481 e. The van der Waals surface area contributed by atoms with Gasteiger partial charge in [0.15, 0.2) is 5.82 Å². The minimum absolute atomic E-state index is 0.276. The van der Waals surface area contributed by atoms with Crippen LogP contribution in [0.25, 0.3) is 11.4 Å². The highest BCUT2D eigenvalue weighted by Gasteiger charge is 2.51. The summed E-state index contributed by atoms with van der Waals surface area (Å²) in [5, 5.41) is 21.3. The zero-order valence-corrected chi connectivity index (χ0v) is 12.6. The first kappa shape index (κ1) is 13.5. The van der Waals surface area contributed by atoms with E-state index in [-0.39, 0.29) is 6.54 Å². The molecule has 3 rings (SSSR count). The van der Waals surface area contributed by atoms with Gasteiger partial charge in [0.25, 0.3) is 0 Å². The Morgan fingerprint density at radius 1 is 1.50 bits per heavy atom. The maximum absolute atomic E-state index is 11.2. The second kappa shape index (κ2) is 4.82. The number of hydrogen-bond acceptors (Lipinski definition) is 4. The molecule has 1 saturated carbocycles. The third kappa shape index (κ3) is 2.31. The molecule has 20 heavy (non-hydrogen) atoms. The molecule has 104 valence electrons. The van der Waals surface area contributed by atoms with E-state index in [2.05, 4.69) is 31.5 Å². The van der Waals surface area contributed by atoms with Gasteiger partial charge < -0.3 is 5.11 Å². The highest BCUT2D eigenvalue weighted by Crippen LogP contribution is 2.47. The van der Waals surface area contributed by atoms with Crippen LogP contribution in [0.4, 0.5) is 0 Å². The summed E-state index contributed by atoms with van der Waals surface area (Å²) in [6, 6.07) is 5.38. The van der Waals surface area contributed by atoms with Crippen molar-refractivity contribution in [2.75, 3.05) is 0 Å². The van der Waals surface area contributed by atoms with Crippen molar-refractivity contribution in [3.8, 4) is 11.4 Å². The van der Waals surface area contributed by atoms with Crippen molar-refractivity contribution in [2.45, 2.75) is 19.4 Å². The van der Waals surface area contributed by atoms with Crippen molar-refractivity contribution >= 4 is 33.5 Å². The predicted molar refractivity (Wildman–Crippen MR) is 75.3 cm³/mol. The summed E-state index contributed by atoms with van der Waals surface area (Å²) in [6.45, 7) is 0.276. The van der Waals surface area contributed by atoms with Gasteiger partial charge in [-0.3, -0.25) is 4.79 Å². The lowest BCUT2D eigenvalue weighted by Gasteiger charge is -2.11.